The molecule has 0 radical (unpaired) electrons. The minimum atomic E-state index is -0.937. The van der Waals surface area contributed by atoms with E-state index in [4.69, 9.17) is 14.4 Å². The molecule has 1 fully saturated rings. The van der Waals surface area contributed by atoms with Gasteiger partial charge in [-0.15, -0.1) is 0 Å². The first-order valence-electron chi connectivity index (χ1n) is 7.56. The van der Waals surface area contributed by atoms with Crippen LogP contribution in [0.1, 0.15) is 22.6 Å². The van der Waals surface area contributed by atoms with E-state index in [1.54, 1.807) is 36.1 Å². The number of aliphatic carboxylic acids is 1. The quantitative estimate of drug-likeness (QED) is 0.901. The Morgan fingerprint density at radius 2 is 2.08 bits per heavy atom. The van der Waals surface area contributed by atoms with Crippen molar-refractivity contribution in [2.75, 3.05) is 19.7 Å². The highest BCUT2D eigenvalue weighted by atomic mass is 16.5. The van der Waals surface area contributed by atoms with Crippen LogP contribution in [-0.2, 0) is 9.53 Å². The van der Waals surface area contributed by atoms with E-state index in [9.17, 15) is 9.59 Å². The van der Waals surface area contributed by atoms with Gasteiger partial charge in [0.05, 0.1) is 19.1 Å². The minimum Gasteiger partial charge on any atom is -0.481 e. The van der Waals surface area contributed by atoms with E-state index in [1.807, 2.05) is 0 Å². The number of carboxylic acid groups (broad SMARTS) is 1. The van der Waals surface area contributed by atoms with Crippen molar-refractivity contribution in [2.24, 2.45) is 0 Å². The van der Waals surface area contributed by atoms with Crippen LogP contribution in [0.2, 0.25) is 0 Å². The fourth-order valence-electron chi connectivity index (χ4n) is 2.57. The van der Waals surface area contributed by atoms with Crippen molar-refractivity contribution in [2.45, 2.75) is 19.4 Å². The monoisotopic (exact) mass is 331 g/mol. The molecule has 8 heteroatoms. The van der Waals surface area contributed by atoms with E-state index in [1.165, 1.54) is 0 Å². The number of amides is 1. The highest BCUT2D eigenvalue weighted by Crippen LogP contribution is 2.19. The van der Waals surface area contributed by atoms with Crippen LogP contribution in [-0.4, -0.2) is 57.8 Å². The first kappa shape index (κ1) is 16.1. The normalized spacial score (nSPS) is 17.7. The predicted octanol–water partition coefficient (Wildman–Crippen LogP) is 1.36. The second kappa shape index (κ2) is 6.79. The van der Waals surface area contributed by atoms with Gasteiger partial charge in [0.1, 0.15) is 0 Å². The number of benzene rings is 1. The van der Waals surface area contributed by atoms with Gasteiger partial charge in [-0.1, -0.05) is 5.16 Å². The topological polar surface area (TPSA) is 106 Å². The molecule has 2 aromatic rings. The first-order valence-corrected chi connectivity index (χ1v) is 7.56. The van der Waals surface area contributed by atoms with Crippen molar-refractivity contribution in [1.29, 1.82) is 0 Å². The number of carbonyl (C=O) groups is 2. The van der Waals surface area contributed by atoms with Crippen LogP contribution in [0.4, 0.5) is 0 Å². The summed E-state index contributed by atoms with van der Waals surface area (Å²) in [6.07, 6.45) is -0.583. The molecule has 8 nitrogen and oxygen atoms in total. The number of hydrogen-bond donors (Lipinski definition) is 1. The summed E-state index contributed by atoms with van der Waals surface area (Å²) in [5.41, 5.74) is 1.25. The molecule has 1 aromatic heterocycles. The molecule has 0 saturated carbocycles. The number of carbonyl (C=O) groups excluding carboxylic acids is 1. The third kappa shape index (κ3) is 3.60. The zero-order valence-corrected chi connectivity index (χ0v) is 13.1. The Morgan fingerprint density at radius 3 is 2.71 bits per heavy atom. The summed E-state index contributed by atoms with van der Waals surface area (Å²) in [5, 5.41) is 12.6. The van der Waals surface area contributed by atoms with Crippen molar-refractivity contribution in [3.05, 3.63) is 35.7 Å². The fraction of sp³-hybridized carbons (Fsp3) is 0.375. The summed E-state index contributed by atoms with van der Waals surface area (Å²) < 4.78 is 10.5. The highest BCUT2D eigenvalue weighted by molar-refractivity contribution is 5.94. The molecule has 24 heavy (non-hydrogen) atoms. The van der Waals surface area contributed by atoms with E-state index in [-0.39, 0.29) is 18.9 Å². The fourth-order valence-corrected chi connectivity index (χ4v) is 2.57. The molecular weight excluding hydrogens is 314 g/mol. The number of aryl methyl sites for hydroxylation is 1. The van der Waals surface area contributed by atoms with Gasteiger partial charge in [0, 0.05) is 24.2 Å². The molecule has 126 valence electrons. The molecule has 0 bridgehead atoms. The van der Waals surface area contributed by atoms with E-state index in [0.717, 1.165) is 5.56 Å². The zero-order chi connectivity index (χ0) is 17.1. The van der Waals surface area contributed by atoms with Crippen LogP contribution in [0.5, 0.6) is 0 Å². The van der Waals surface area contributed by atoms with Gasteiger partial charge in [-0.05, 0) is 31.2 Å². The van der Waals surface area contributed by atoms with E-state index < -0.39 is 12.1 Å². The van der Waals surface area contributed by atoms with Crippen LogP contribution >= 0.6 is 0 Å². The van der Waals surface area contributed by atoms with Crippen LogP contribution in [0.3, 0.4) is 0 Å². The second-order valence-corrected chi connectivity index (χ2v) is 5.57. The molecule has 1 aliphatic heterocycles. The Balaban J connectivity index is 1.69. The number of ether oxygens (including phenoxy) is 1. The van der Waals surface area contributed by atoms with E-state index in [2.05, 4.69) is 10.1 Å². The molecule has 1 aliphatic rings. The highest BCUT2D eigenvalue weighted by Gasteiger charge is 2.26. The summed E-state index contributed by atoms with van der Waals surface area (Å²) >= 11 is 0. The van der Waals surface area contributed by atoms with E-state index in [0.29, 0.717) is 30.4 Å². The number of rotatable bonds is 4. The lowest BCUT2D eigenvalue weighted by molar-refractivity contribution is -0.141. The number of aromatic nitrogens is 2. The number of nitrogens with zero attached hydrogens (tertiary/aromatic N) is 3. The second-order valence-electron chi connectivity index (χ2n) is 5.57. The molecular formula is C16H17N3O5. The molecule has 1 saturated heterocycles. The standard InChI is InChI=1S/C16H17N3O5/c1-10-17-15(24-18-10)11-2-4-12(5-3-11)16(22)19-6-7-23-13(9-19)8-14(20)21/h2-5,13H,6-9H2,1H3,(H,20,21)/t13-/m1/s1. The van der Waals surface area contributed by atoms with Gasteiger partial charge < -0.3 is 19.3 Å². The number of hydrogen-bond acceptors (Lipinski definition) is 6. The summed E-state index contributed by atoms with van der Waals surface area (Å²) in [6, 6.07) is 6.88. The number of morpholine rings is 1. The van der Waals surface area contributed by atoms with Gasteiger partial charge in [-0.3, -0.25) is 9.59 Å². The van der Waals surface area contributed by atoms with Gasteiger partial charge in [0.25, 0.3) is 11.8 Å². The lowest BCUT2D eigenvalue weighted by Gasteiger charge is -2.32. The number of carboxylic acids is 1. The van der Waals surface area contributed by atoms with Crippen molar-refractivity contribution in [1.82, 2.24) is 15.0 Å². The molecule has 1 amide bonds. The molecule has 1 aromatic carbocycles. The van der Waals surface area contributed by atoms with Crippen molar-refractivity contribution >= 4 is 11.9 Å². The van der Waals surface area contributed by atoms with Gasteiger partial charge in [0.15, 0.2) is 5.82 Å². The Kier molecular flexibility index (Phi) is 4.57. The van der Waals surface area contributed by atoms with Crippen molar-refractivity contribution in [3.8, 4) is 11.5 Å². The maximum atomic E-state index is 12.6. The largest absolute Gasteiger partial charge is 0.481 e. The molecule has 2 heterocycles. The minimum absolute atomic E-state index is 0.112. The Bertz CT molecular complexity index is 740. The molecule has 0 aliphatic carbocycles. The first-order chi connectivity index (χ1) is 11.5. The average molecular weight is 331 g/mol. The third-order valence-electron chi connectivity index (χ3n) is 3.73. The van der Waals surface area contributed by atoms with Crippen molar-refractivity contribution < 1.29 is 24.0 Å². The van der Waals surface area contributed by atoms with Crippen LogP contribution in [0, 0.1) is 6.92 Å². The van der Waals surface area contributed by atoms with Gasteiger partial charge >= 0.3 is 5.97 Å². The lowest BCUT2D eigenvalue weighted by Crippen LogP contribution is -2.46. The lowest BCUT2D eigenvalue weighted by atomic mass is 10.1. The summed E-state index contributed by atoms with van der Waals surface area (Å²) in [6.45, 7) is 2.79. The zero-order valence-electron chi connectivity index (χ0n) is 13.1. The molecule has 0 unspecified atom stereocenters. The summed E-state index contributed by atoms with van der Waals surface area (Å²) in [5.74, 6) is -0.141. The average Bonchev–Trinajstić information content (AvgIpc) is 3.00. The molecule has 1 atom stereocenters. The van der Waals surface area contributed by atoms with Crippen molar-refractivity contribution in [3.63, 3.8) is 0 Å². The summed E-state index contributed by atoms with van der Waals surface area (Å²) in [7, 11) is 0. The Labute approximate surface area is 138 Å². The Morgan fingerprint density at radius 1 is 1.33 bits per heavy atom. The Hall–Kier alpha value is -2.74. The van der Waals surface area contributed by atoms with Crippen LogP contribution in [0.25, 0.3) is 11.5 Å². The smallest absolute Gasteiger partial charge is 0.306 e. The molecule has 0 spiro atoms. The molecule has 3 rings (SSSR count). The maximum Gasteiger partial charge on any atom is 0.306 e. The van der Waals surface area contributed by atoms with Crippen LogP contribution < -0.4 is 0 Å². The van der Waals surface area contributed by atoms with Gasteiger partial charge in [-0.25, -0.2) is 0 Å². The van der Waals surface area contributed by atoms with Gasteiger partial charge in [-0.2, -0.15) is 4.98 Å². The maximum absolute atomic E-state index is 12.6. The van der Waals surface area contributed by atoms with Crippen LogP contribution in [0.15, 0.2) is 28.8 Å². The van der Waals surface area contributed by atoms with E-state index >= 15 is 0 Å². The molecule has 1 N–H and O–H groups in total. The van der Waals surface area contributed by atoms with Gasteiger partial charge in [0.2, 0.25) is 0 Å². The SMILES string of the molecule is Cc1noc(-c2ccc(C(=O)N3CCO[C@H](CC(=O)O)C3)cc2)n1. The third-order valence-corrected chi connectivity index (χ3v) is 3.73. The predicted molar refractivity (Wildman–Crippen MR) is 82.4 cm³/mol. The summed E-state index contributed by atoms with van der Waals surface area (Å²) in [4.78, 5) is 29.1.